The van der Waals surface area contributed by atoms with Crippen molar-refractivity contribution >= 4 is 39.1 Å². The van der Waals surface area contributed by atoms with Crippen molar-refractivity contribution in [3.8, 4) is 11.5 Å². The summed E-state index contributed by atoms with van der Waals surface area (Å²) in [6.07, 6.45) is -0.742. The first kappa shape index (κ1) is 15.2. The lowest BCUT2D eigenvalue weighted by Gasteiger charge is -2.23. The molecule has 0 aliphatic carbocycles. The fraction of sp³-hybridized carbons (Fsp3) is 0.176. The number of carbonyl (C=O) groups excluding carboxylic acids is 1. The number of hydrogen-bond acceptors (Lipinski definition) is 4. The van der Waals surface area contributed by atoms with Gasteiger partial charge in [-0.3, -0.25) is 4.79 Å². The van der Waals surface area contributed by atoms with Crippen molar-refractivity contribution in [3.05, 3.63) is 52.3 Å². The van der Waals surface area contributed by atoms with Crippen LogP contribution in [0.1, 0.15) is 0 Å². The topological polar surface area (TPSA) is 52.8 Å². The number of ether oxygens (including phenoxy) is 2. The molecule has 7 heteroatoms. The molecule has 0 spiro atoms. The summed E-state index contributed by atoms with van der Waals surface area (Å²) < 4.78 is 14.1. The third-order valence-corrected chi connectivity index (χ3v) is 5.09. The second-order valence-corrected chi connectivity index (χ2v) is 6.82. The molecular formula is C17H13ClN2O3S. The summed E-state index contributed by atoms with van der Waals surface area (Å²) >= 11 is 7.43. The molecule has 0 radical (unpaired) electrons. The van der Waals surface area contributed by atoms with Gasteiger partial charge >= 0.3 is 0 Å². The van der Waals surface area contributed by atoms with E-state index >= 15 is 0 Å². The minimum absolute atomic E-state index is 0.153. The van der Waals surface area contributed by atoms with Gasteiger partial charge in [0.25, 0.3) is 5.91 Å². The van der Waals surface area contributed by atoms with Crippen molar-refractivity contribution in [2.45, 2.75) is 6.10 Å². The Balaban J connectivity index is 1.67. The summed E-state index contributed by atoms with van der Waals surface area (Å²) in [5.74, 6) is 0.839. The number of rotatable bonds is 1. The van der Waals surface area contributed by atoms with E-state index < -0.39 is 6.10 Å². The Kier molecular flexibility index (Phi) is 3.78. The smallest absolute Gasteiger partial charge is 0.292 e. The van der Waals surface area contributed by atoms with Crippen LogP contribution in [0.3, 0.4) is 0 Å². The van der Waals surface area contributed by atoms with E-state index in [1.165, 1.54) is 11.3 Å². The van der Waals surface area contributed by atoms with E-state index in [-0.39, 0.29) is 12.5 Å². The van der Waals surface area contributed by atoms with Crippen LogP contribution in [-0.4, -0.2) is 23.2 Å². The second-order valence-electron chi connectivity index (χ2n) is 5.37. The third kappa shape index (κ3) is 2.68. The highest BCUT2D eigenvalue weighted by Gasteiger charge is 2.27. The highest BCUT2D eigenvalue weighted by Crippen LogP contribution is 2.31. The number of amides is 1. The summed E-state index contributed by atoms with van der Waals surface area (Å²) in [6, 6.07) is 12.9. The number of halogens is 1. The van der Waals surface area contributed by atoms with Crippen LogP contribution in [0.4, 0.5) is 0 Å². The molecule has 3 aromatic rings. The molecule has 2 heterocycles. The van der Waals surface area contributed by atoms with Crippen LogP contribution in [0.5, 0.6) is 11.5 Å². The molecule has 0 saturated carbocycles. The molecule has 0 bridgehead atoms. The molecule has 1 unspecified atom stereocenters. The molecule has 1 amide bonds. The van der Waals surface area contributed by atoms with Gasteiger partial charge in [0.15, 0.2) is 16.3 Å². The quantitative estimate of drug-likeness (QED) is 0.669. The van der Waals surface area contributed by atoms with Gasteiger partial charge in [-0.1, -0.05) is 35.1 Å². The molecule has 0 fully saturated rings. The number of benzene rings is 2. The van der Waals surface area contributed by atoms with E-state index in [1.807, 2.05) is 48.0 Å². The van der Waals surface area contributed by atoms with Gasteiger partial charge in [-0.05, 0) is 30.3 Å². The zero-order valence-electron chi connectivity index (χ0n) is 12.7. The molecule has 1 aliphatic heterocycles. The Morgan fingerprint density at radius 2 is 2.08 bits per heavy atom. The fourth-order valence-corrected chi connectivity index (χ4v) is 3.82. The van der Waals surface area contributed by atoms with Crippen LogP contribution in [0.25, 0.3) is 10.2 Å². The Morgan fingerprint density at radius 3 is 2.92 bits per heavy atom. The van der Waals surface area contributed by atoms with Gasteiger partial charge in [0.1, 0.15) is 6.61 Å². The molecule has 5 nitrogen and oxygen atoms in total. The average molecular weight is 361 g/mol. The van der Waals surface area contributed by atoms with Crippen molar-refractivity contribution in [1.82, 2.24) is 4.57 Å². The molecule has 0 saturated heterocycles. The van der Waals surface area contributed by atoms with E-state index in [9.17, 15) is 4.79 Å². The van der Waals surface area contributed by atoms with Gasteiger partial charge in [-0.15, -0.1) is 0 Å². The van der Waals surface area contributed by atoms with Crippen molar-refractivity contribution < 1.29 is 14.3 Å². The first-order valence-electron chi connectivity index (χ1n) is 7.34. The lowest BCUT2D eigenvalue weighted by Crippen LogP contribution is -2.36. The number of nitrogens with zero attached hydrogens (tertiary/aromatic N) is 2. The normalized spacial score (nSPS) is 17.2. The largest absolute Gasteiger partial charge is 0.485 e. The third-order valence-electron chi connectivity index (χ3n) is 3.76. The van der Waals surface area contributed by atoms with Crippen LogP contribution in [0, 0.1) is 0 Å². The molecule has 1 atom stereocenters. The first-order valence-corrected chi connectivity index (χ1v) is 8.53. The van der Waals surface area contributed by atoms with Crippen LogP contribution < -0.4 is 14.3 Å². The maximum absolute atomic E-state index is 12.5. The Hall–Kier alpha value is -2.31. The van der Waals surface area contributed by atoms with Gasteiger partial charge < -0.3 is 14.0 Å². The summed E-state index contributed by atoms with van der Waals surface area (Å²) in [4.78, 5) is 17.3. The molecule has 0 N–H and O–H groups in total. The zero-order valence-corrected chi connectivity index (χ0v) is 14.3. The number of thiazole rings is 1. The first-order chi connectivity index (χ1) is 11.6. The van der Waals surface area contributed by atoms with Gasteiger partial charge in [-0.2, -0.15) is 4.99 Å². The summed E-state index contributed by atoms with van der Waals surface area (Å²) in [5, 5.41) is 0.655. The van der Waals surface area contributed by atoms with Crippen LogP contribution in [0.2, 0.25) is 5.02 Å². The highest BCUT2D eigenvalue weighted by molar-refractivity contribution is 7.16. The maximum atomic E-state index is 12.5. The minimum atomic E-state index is -0.742. The maximum Gasteiger partial charge on any atom is 0.292 e. The van der Waals surface area contributed by atoms with Gasteiger partial charge in [0, 0.05) is 12.1 Å². The molecule has 122 valence electrons. The molecule has 1 aromatic heterocycles. The highest BCUT2D eigenvalue weighted by atomic mass is 35.5. The number of aromatic nitrogens is 1. The van der Waals surface area contributed by atoms with Gasteiger partial charge in [0.2, 0.25) is 6.10 Å². The van der Waals surface area contributed by atoms with Gasteiger partial charge in [-0.25, -0.2) is 0 Å². The van der Waals surface area contributed by atoms with Crippen molar-refractivity contribution in [1.29, 1.82) is 0 Å². The van der Waals surface area contributed by atoms with E-state index in [0.29, 0.717) is 21.3 Å². The van der Waals surface area contributed by atoms with Crippen molar-refractivity contribution in [3.63, 3.8) is 0 Å². The minimum Gasteiger partial charge on any atom is -0.485 e. The molecule has 2 aromatic carbocycles. The van der Waals surface area contributed by atoms with Crippen LogP contribution >= 0.6 is 22.9 Å². The SMILES string of the molecule is Cn1c(=NC(=O)C2COc3ccccc3O2)sc2cc(Cl)ccc21. The number of fused-ring (bicyclic) bond motifs is 2. The lowest BCUT2D eigenvalue weighted by atomic mass is 10.2. The molecular weight excluding hydrogens is 348 g/mol. The van der Waals surface area contributed by atoms with E-state index in [0.717, 1.165) is 10.2 Å². The number of carbonyl (C=O) groups is 1. The average Bonchev–Trinajstić information content (AvgIpc) is 2.89. The Labute approximate surface area is 146 Å². The number of hydrogen-bond donors (Lipinski definition) is 0. The predicted octanol–water partition coefficient (Wildman–Crippen LogP) is 3.16. The second kappa shape index (κ2) is 5.96. The summed E-state index contributed by atoms with van der Waals surface area (Å²) in [6.45, 7) is 0.153. The van der Waals surface area contributed by atoms with Crippen molar-refractivity contribution in [2.24, 2.45) is 12.0 Å². The van der Waals surface area contributed by atoms with Crippen LogP contribution in [0.15, 0.2) is 47.5 Å². The van der Waals surface area contributed by atoms with E-state index in [2.05, 4.69) is 4.99 Å². The number of para-hydroxylation sites is 2. The fourth-order valence-electron chi connectivity index (χ4n) is 2.52. The Morgan fingerprint density at radius 1 is 1.29 bits per heavy atom. The molecule has 4 rings (SSSR count). The number of aryl methyl sites for hydroxylation is 1. The molecule has 1 aliphatic rings. The summed E-state index contributed by atoms with van der Waals surface area (Å²) in [5.41, 5.74) is 0.974. The van der Waals surface area contributed by atoms with E-state index in [4.69, 9.17) is 21.1 Å². The van der Waals surface area contributed by atoms with Crippen molar-refractivity contribution in [2.75, 3.05) is 6.61 Å². The molecule has 24 heavy (non-hydrogen) atoms. The predicted molar refractivity (Wildman–Crippen MR) is 92.7 cm³/mol. The van der Waals surface area contributed by atoms with E-state index in [1.54, 1.807) is 6.07 Å². The Bertz CT molecular complexity index is 1010. The summed E-state index contributed by atoms with van der Waals surface area (Å²) in [7, 11) is 1.87. The van der Waals surface area contributed by atoms with Gasteiger partial charge in [0.05, 0.1) is 10.2 Å². The zero-order chi connectivity index (χ0) is 16.7. The monoisotopic (exact) mass is 360 g/mol. The van der Waals surface area contributed by atoms with Crippen LogP contribution in [-0.2, 0) is 11.8 Å². The standard InChI is InChI=1S/C17H13ClN2O3S/c1-20-11-7-6-10(18)8-15(11)24-17(20)19-16(21)14-9-22-12-4-2-3-5-13(12)23-14/h2-8,14H,9H2,1H3. The lowest BCUT2D eigenvalue weighted by molar-refractivity contribution is -0.127.